The Bertz CT molecular complexity index is 1890. The highest BCUT2D eigenvalue weighted by molar-refractivity contribution is 5.97. The molecule has 0 spiro atoms. The fourth-order valence-corrected chi connectivity index (χ4v) is 8.32. The van der Waals surface area contributed by atoms with E-state index in [1.807, 2.05) is 31.4 Å². The number of carbonyl (C=O) groups excluding carboxylic acids is 12. The molecule has 0 aliphatic carbocycles. The maximum absolute atomic E-state index is 12.0. The zero-order valence-corrected chi connectivity index (χ0v) is 42.9. The van der Waals surface area contributed by atoms with Crippen molar-refractivity contribution >= 4 is 80.1 Å². The Labute approximate surface area is 437 Å². The van der Waals surface area contributed by atoms with Gasteiger partial charge >= 0.3 is 47.8 Å². The lowest BCUT2D eigenvalue weighted by atomic mass is 10.1. The molecule has 5 saturated heterocycles. The molecule has 5 fully saturated rings. The van der Waals surface area contributed by atoms with E-state index in [1.165, 1.54) is 33.5 Å². The molecule has 30 nitrogen and oxygen atoms in total. The average molecular weight is 1090 g/mol. The van der Waals surface area contributed by atoms with Gasteiger partial charge in [-0.05, 0) is 13.0 Å². The van der Waals surface area contributed by atoms with Gasteiger partial charge in [0, 0.05) is 97.1 Å². The van der Waals surface area contributed by atoms with Crippen LogP contribution >= 0.6 is 0 Å². The fraction of sp³-hybridized carbons (Fsp3) is 0.674. The third kappa shape index (κ3) is 23.7. The van der Waals surface area contributed by atoms with Gasteiger partial charge in [-0.2, -0.15) is 0 Å². The molecule has 6 unspecified atom stereocenters. The summed E-state index contributed by atoms with van der Waals surface area (Å²) in [5.74, 6) is -4.23. The third-order valence-electron chi connectivity index (χ3n) is 12.3. The SMILES string of the molecule is CC(COC=O)N1CCN(C(CC(=O)O)OC=O)CC1.COC(=O)/C=C/COC=O.COC(=O)CC(COC=O)N1CCN(C(CCOC=O)C(=O)OC)CC1.O=C1CC(N2CCN(C3CC(=O)OC3=O)CC2)C(=O)O1. The largest absolute Gasteiger partial charge is 0.481 e. The number of hydrogen-bond donors (Lipinski definition) is 1. The highest BCUT2D eigenvalue weighted by Crippen LogP contribution is 2.22. The number of carbonyl (C=O) groups is 13. The summed E-state index contributed by atoms with van der Waals surface area (Å²) in [6, 6.07) is -1.71. The highest BCUT2D eigenvalue weighted by Gasteiger charge is 2.43. The number of carboxylic acid groups (broad SMARTS) is 1. The Balaban J connectivity index is 0.000000361. The van der Waals surface area contributed by atoms with Crippen molar-refractivity contribution in [3.05, 3.63) is 12.2 Å². The van der Waals surface area contributed by atoms with Crippen molar-refractivity contribution in [2.75, 3.05) is 126 Å². The lowest BCUT2D eigenvalue weighted by Gasteiger charge is -2.40. The normalized spacial score (nSPS) is 21.1. The molecule has 0 bridgehead atoms. The summed E-state index contributed by atoms with van der Waals surface area (Å²) in [6.45, 7) is 11.3. The smallest absolute Gasteiger partial charge is 0.331 e. The van der Waals surface area contributed by atoms with E-state index in [-0.39, 0.29) is 76.0 Å². The van der Waals surface area contributed by atoms with Crippen LogP contribution < -0.4 is 0 Å². The van der Waals surface area contributed by atoms with Gasteiger partial charge < -0.3 is 52.5 Å². The van der Waals surface area contributed by atoms with Crippen LogP contribution in [0.15, 0.2) is 12.2 Å². The van der Waals surface area contributed by atoms with Crippen LogP contribution in [0.3, 0.4) is 0 Å². The van der Waals surface area contributed by atoms with E-state index in [0.717, 1.165) is 0 Å². The first-order valence-electron chi connectivity index (χ1n) is 23.8. The van der Waals surface area contributed by atoms with E-state index in [1.54, 1.807) is 0 Å². The van der Waals surface area contributed by atoms with Crippen molar-refractivity contribution in [3.63, 3.8) is 0 Å². The summed E-state index contributed by atoms with van der Waals surface area (Å²) in [6.07, 6.45) is 2.23. The van der Waals surface area contributed by atoms with Gasteiger partial charge in [0.25, 0.3) is 32.4 Å². The number of piperazine rings is 3. The number of esters is 7. The quantitative estimate of drug-likeness (QED) is 0.0205. The van der Waals surface area contributed by atoms with Gasteiger partial charge in [-0.15, -0.1) is 0 Å². The summed E-state index contributed by atoms with van der Waals surface area (Å²) in [5, 5.41) is 8.80. The lowest BCUT2D eigenvalue weighted by Crippen LogP contribution is -2.56. The van der Waals surface area contributed by atoms with Gasteiger partial charge in [-0.3, -0.25) is 77.3 Å². The first-order chi connectivity index (χ1) is 36.5. The zero-order chi connectivity index (χ0) is 56.4. The Kier molecular flexibility index (Phi) is 31.6. The van der Waals surface area contributed by atoms with Gasteiger partial charge in [-0.1, -0.05) is 0 Å². The van der Waals surface area contributed by atoms with Crippen molar-refractivity contribution in [2.24, 2.45) is 0 Å². The summed E-state index contributed by atoms with van der Waals surface area (Å²) in [4.78, 5) is 152. The predicted molar refractivity (Wildman–Crippen MR) is 251 cm³/mol. The van der Waals surface area contributed by atoms with Crippen LogP contribution in [0.4, 0.5) is 0 Å². The zero-order valence-electron chi connectivity index (χ0n) is 42.9. The summed E-state index contributed by atoms with van der Waals surface area (Å²) >= 11 is 0. The number of carboxylic acids is 1. The second-order valence-corrected chi connectivity index (χ2v) is 16.8. The molecule has 0 aromatic carbocycles. The first-order valence-corrected chi connectivity index (χ1v) is 23.8. The molecule has 5 heterocycles. The van der Waals surface area contributed by atoms with Crippen molar-refractivity contribution in [2.45, 2.75) is 75.5 Å². The number of cyclic esters (lactones) is 4. The summed E-state index contributed by atoms with van der Waals surface area (Å²) in [5.41, 5.74) is 0. The third-order valence-corrected chi connectivity index (χ3v) is 12.3. The van der Waals surface area contributed by atoms with E-state index in [9.17, 15) is 62.3 Å². The minimum atomic E-state index is -1.01. The van der Waals surface area contributed by atoms with Gasteiger partial charge in [0.1, 0.15) is 37.9 Å². The second-order valence-electron chi connectivity index (χ2n) is 16.8. The van der Waals surface area contributed by atoms with Gasteiger partial charge in [0.15, 0.2) is 6.23 Å². The Hall–Kier alpha value is -6.99. The monoisotopic (exact) mass is 1090 g/mol. The van der Waals surface area contributed by atoms with Crippen molar-refractivity contribution in [3.8, 4) is 0 Å². The molecule has 0 saturated carbocycles. The van der Waals surface area contributed by atoms with Gasteiger partial charge in [-0.25, -0.2) is 14.4 Å². The molecule has 30 heteroatoms. The van der Waals surface area contributed by atoms with E-state index >= 15 is 0 Å². The molecule has 5 aliphatic heterocycles. The molecular formula is C46H68N6O24. The van der Waals surface area contributed by atoms with Crippen LogP contribution in [-0.2, 0) is 110 Å². The minimum absolute atomic E-state index is 0.0861. The molecule has 0 aromatic heterocycles. The van der Waals surface area contributed by atoms with Crippen molar-refractivity contribution in [1.29, 1.82) is 0 Å². The topological polar surface area (TPSA) is 354 Å². The van der Waals surface area contributed by atoms with Crippen LogP contribution in [-0.4, -0.2) is 277 Å². The number of nitrogens with zero attached hydrogens (tertiary/aromatic N) is 6. The maximum atomic E-state index is 12.0. The predicted octanol–water partition coefficient (Wildman–Crippen LogP) is -3.87. The lowest BCUT2D eigenvalue weighted by molar-refractivity contribution is -0.156. The van der Waals surface area contributed by atoms with Crippen molar-refractivity contribution in [1.82, 2.24) is 29.4 Å². The Morgan fingerprint density at radius 1 is 0.605 bits per heavy atom. The van der Waals surface area contributed by atoms with Crippen LogP contribution in [0.1, 0.15) is 39.0 Å². The number of ether oxygens (including phenoxy) is 10. The molecule has 0 aromatic rings. The molecule has 1 N–H and O–H groups in total. The molecule has 426 valence electrons. The van der Waals surface area contributed by atoms with E-state index < -0.39 is 60.2 Å². The second kappa shape index (κ2) is 36.9. The van der Waals surface area contributed by atoms with Crippen molar-refractivity contribution < 1.29 is 115 Å². The summed E-state index contributed by atoms with van der Waals surface area (Å²) in [7, 11) is 3.89. The Morgan fingerprint density at radius 2 is 1.11 bits per heavy atom. The highest BCUT2D eigenvalue weighted by atomic mass is 16.6. The van der Waals surface area contributed by atoms with Crippen LogP contribution in [0.25, 0.3) is 0 Å². The van der Waals surface area contributed by atoms with Crippen LogP contribution in [0.5, 0.6) is 0 Å². The average Bonchev–Trinajstić information content (AvgIpc) is 3.96. The van der Waals surface area contributed by atoms with E-state index in [2.05, 4.69) is 33.3 Å². The van der Waals surface area contributed by atoms with E-state index in [0.29, 0.717) is 117 Å². The Morgan fingerprint density at radius 3 is 1.55 bits per heavy atom. The van der Waals surface area contributed by atoms with Crippen LogP contribution in [0.2, 0.25) is 0 Å². The maximum Gasteiger partial charge on any atom is 0.331 e. The fourth-order valence-electron chi connectivity index (χ4n) is 8.32. The molecule has 76 heavy (non-hydrogen) atoms. The van der Waals surface area contributed by atoms with Gasteiger partial charge in [0.05, 0.1) is 59.7 Å². The molecule has 5 rings (SSSR count). The number of methoxy groups -OCH3 is 3. The van der Waals surface area contributed by atoms with Gasteiger partial charge in [0.2, 0.25) is 0 Å². The first kappa shape index (κ1) is 65.1. The molecule has 6 atom stereocenters. The molecule has 0 radical (unpaired) electrons. The number of rotatable bonds is 27. The molecular weight excluding hydrogens is 1020 g/mol. The molecule has 0 amide bonds. The molecule has 5 aliphatic rings. The standard InChI is InChI=1S/C16H26N2O8.C12H14N2O6.C12H20N2O6.C6H8O4/c1-23-15(21)9-13(10-26-12-20)17-4-6-18(7-5-17)14(16(22)24-2)3-8-25-11-19;15-9-5-7(11(17)19-9)13-1-2-14(4-3-13)8-6-10(16)20-12(8)18;1-10(7-19-8-15)13-2-4-14(5-3-13)11(20-9-16)6-12(17)18;1-9-6(8)3-2-4-10-5-7/h11-14H,3-10H2,1-2H3;7-8H,1-6H2;8-11H,2-7H2,1H3,(H,17,18);2-3,5H,4H2,1H3/b;;;3-2+. The number of aliphatic carboxylic acids is 1. The minimum Gasteiger partial charge on any atom is -0.481 e. The summed E-state index contributed by atoms with van der Waals surface area (Å²) < 4.78 is 46.2. The number of hydrogen-bond acceptors (Lipinski definition) is 29. The van der Waals surface area contributed by atoms with Crippen LogP contribution in [0, 0.1) is 0 Å². The van der Waals surface area contributed by atoms with E-state index in [4.69, 9.17) is 24.1 Å².